The van der Waals surface area contributed by atoms with Crippen molar-refractivity contribution in [3.05, 3.63) is 41.5 Å². The summed E-state index contributed by atoms with van der Waals surface area (Å²) >= 11 is 0. The number of nitrogens with zero attached hydrogens (tertiary/aromatic N) is 2. The van der Waals surface area contributed by atoms with Gasteiger partial charge in [0, 0.05) is 25.7 Å². The number of rotatable bonds is 5. The predicted octanol–water partition coefficient (Wildman–Crippen LogP) is 3.70. The largest absolute Gasteiger partial charge is 0.378 e. The van der Waals surface area contributed by atoms with Crippen molar-refractivity contribution in [1.82, 2.24) is 9.80 Å². The lowest BCUT2D eigenvalue weighted by Gasteiger charge is -2.32. The van der Waals surface area contributed by atoms with E-state index in [1.54, 1.807) is 11.0 Å². The molecule has 0 aliphatic carbocycles. The molecule has 2 aliphatic rings. The number of hydrogen-bond donors (Lipinski definition) is 0. The number of benzene rings is 1. The molecular formula is C24H34N2O3. The summed E-state index contributed by atoms with van der Waals surface area (Å²) < 4.78 is 5.35. The van der Waals surface area contributed by atoms with E-state index in [0.29, 0.717) is 38.8 Å². The van der Waals surface area contributed by atoms with Crippen LogP contribution in [0.15, 0.2) is 30.3 Å². The van der Waals surface area contributed by atoms with E-state index in [2.05, 4.69) is 52.0 Å². The van der Waals surface area contributed by atoms with Crippen LogP contribution in [0.5, 0.6) is 0 Å². The van der Waals surface area contributed by atoms with Gasteiger partial charge < -0.3 is 14.5 Å². The fourth-order valence-corrected chi connectivity index (χ4v) is 4.14. The average molecular weight is 399 g/mol. The van der Waals surface area contributed by atoms with Crippen molar-refractivity contribution in [1.29, 1.82) is 0 Å². The first-order valence-corrected chi connectivity index (χ1v) is 10.9. The van der Waals surface area contributed by atoms with E-state index in [1.165, 1.54) is 5.56 Å². The number of carbonyl (C=O) groups excluding carboxylic acids is 2. The Bertz CT molecular complexity index is 746. The summed E-state index contributed by atoms with van der Waals surface area (Å²) in [7, 11) is 0. The molecule has 29 heavy (non-hydrogen) atoms. The maximum absolute atomic E-state index is 13.2. The maximum Gasteiger partial charge on any atom is 0.247 e. The summed E-state index contributed by atoms with van der Waals surface area (Å²) in [6.07, 6.45) is 3.37. The number of morpholine rings is 1. The van der Waals surface area contributed by atoms with E-state index in [1.807, 2.05) is 4.90 Å². The summed E-state index contributed by atoms with van der Waals surface area (Å²) in [6, 6.07) is 8.15. The maximum atomic E-state index is 13.2. The van der Waals surface area contributed by atoms with E-state index in [4.69, 9.17) is 4.74 Å². The van der Waals surface area contributed by atoms with E-state index < -0.39 is 0 Å². The minimum atomic E-state index is -0.339. The molecule has 1 aromatic carbocycles. The van der Waals surface area contributed by atoms with Crippen LogP contribution >= 0.6 is 0 Å². The van der Waals surface area contributed by atoms with Gasteiger partial charge in [-0.2, -0.15) is 0 Å². The van der Waals surface area contributed by atoms with Gasteiger partial charge in [0.05, 0.1) is 13.2 Å². The molecule has 2 saturated heterocycles. The van der Waals surface area contributed by atoms with Gasteiger partial charge in [0.1, 0.15) is 6.04 Å². The smallest absolute Gasteiger partial charge is 0.247 e. The van der Waals surface area contributed by atoms with Crippen molar-refractivity contribution in [2.75, 3.05) is 32.8 Å². The van der Waals surface area contributed by atoms with Crippen LogP contribution in [0.2, 0.25) is 0 Å². The van der Waals surface area contributed by atoms with Crippen LogP contribution in [-0.2, 0) is 14.3 Å². The van der Waals surface area contributed by atoms with Crippen LogP contribution in [0.3, 0.4) is 0 Å². The molecule has 2 amide bonds. The van der Waals surface area contributed by atoms with Gasteiger partial charge in [-0.3, -0.25) is 9.59 Å². The molecule has 1 aromatic rings. The average Bonchev–Trinajstić information content (AvgIpc) is 3.22. The number of allylic oxidation sites excluding steroid dienone is 1. The van der Waals surface area contributed by atoms with Gasteiger partial charge >= 0.3 is 0 Å². The van der Waals surface area contributed by atoms with Gasteiger partial charge in [-0.05, 0) is 41.4 Å². The van der Waals surface area contributed by atoms with Crippen molar-refractivity contribution in [3.63, 3.8) is 0 Å². The molecule has 0 bridgehead atoms. The first-order chi connectivity index (χ1) is 13.9. The van der Waals surface area contributed by atoms with Gasteiger partial charge in [0.25, 0.3) is 0 Å². The summed E-state index contributed by atoms with van der Waals surface area (Å²) in [5, 5.41) is 0. The van der Waals surface area contributed by atoms with Crippen LogP contribution in [0.4, 0.5) is 0 Å². The van der Waals surface area contributed by atoms with Gasteiger partial charge in [-0.15, -0.1) is 0 Å². The molecule has 2 aliphatic heterocycles. The number of carbonyl (C=O) groups is 2. The zero-order valence-corrected chi connectivity index (χ0v) is 18.2. The molecule has 2 fully saturated rings. The van der Waals surface area contributed by atoms with Gasteiger partial charge in [0.2, 0.25) is 11.8 Å². The Morgan fingerprint density at radius 3 is 2.28 bits per heavy atom. The summed E-state index contributed by atoms with van der Waals surface area (Å²) in [5.74, 6) is 0.722. The number of likely N-dealkylation sites (tertiary alicyclic amines) is 1. The van der Waals surface area contributed by atoms with Crippen LogP contribution in [0.1, 0.15) is 57.6 Å². The van der Waals surface area contributed by atoms with Crippen molar-refractivity contribution in [2.24, 2.45) is 5.92 Å². The topological polar surface area (TPSA) is 49.9 Å². The second kappa shape index (κ2) is 9.57. The molecule has 0 N–H and O–H groups in total. The molecule has 5 heteroatoms. The molecular weight excluding hydrogens is 364 g/mol. The van der Waals surface area contributed by atoms with Gasteiger partial charge in [-0.25, -0.2) is 0 Å². The normalized spacial score (nSPS) is 20.6. The fraction of sp³-hybridized carbons (Fsp3) is 0.583. The van der Waals surface area contributed by atoms with Crippen LogP contribution < -0.4 is 0 Å². The third kappa shape index (κ3) is 5.08. The molecule has 0 aromatic heterocycles. The molecule has 3 rings (SSSR count). The van der Waals surface area contributed by atoms with Gasteiger partial charge in [-0.1, -0.05) is 52.0 Å². The first-order valence-electron chi connectivity index (χ1n) is 10.9. The lowest BCUT2D eigenvalue weighted by Crippen LogP contribution is -2.50. The second-order valence-electron chi connectivity index (χ2n) is 8.66. The SMILES string of the molecule is CC(C)/C(=C\C(=O)N1CCCC1C(=O)N1CCOCC1)c1ccc(C(C)C)cc1. The predicted molar refractivity (Wildman–Crippen MR) is 115 cm³/mol. The van der Waals surface area contributed by atoms with Crippen LogP contribution in [0.25, 0.3) is 5.57 Å². The zero-order valence-electron chi connectivity index (χ0n) is 18.2. The molecule has 2 heterocycles. The Labute approximate surface area is 174 Å². The Balaban J connectivity index is 1.78. The molecule has 158 valence electrons. The standard InChI is InChI=1S/C24H34N2O3/c1-17(2)19-7-9-20(10-8-19)21(18(3)4)16-23(27)26-11-5-6-22(26)24(28)25-12-14-29-15-13-25/h7-10,16-18,22H,5-6,11-15H2,1-4H3/b21-16+. The van der Waals surface area contributed by atoms with Crippen molar-refractivity contribution in [3.8, 4) is 0 Å². The van der Waals surface area contributed by atoms with Crippen molar-refractivity contribution in [2.45, 2.75) is 52.5 Å². The summed E-state index contributed by atoms with van der Waals surface area (Å²) in [5.41, 5.74) is 3.39. The molecule has 1 unspecified atom stereocenters. The molecule has 1 atom stereocenters. The Morgan fingerprint density at radius 2 is 1.69 bits per heavy atom. The quantitative estimate of drug-likeness (QED) is 0.711. The first kappa shape index (κ1) is 21.6. The number of ether oxygens (including phenoxy) is 1. The van der Waals surface area contributed by atoms with Crippen molar-refractivity contribution >= 4 is 17.4 Å². The van der Waals surface area contributed by atoms with E-state index in [0.717, 1.165) is 24.0 Å². The second-order valence-corrected chi connectivity index (χ2v) is 8.66. The molecule has 0 spiro atoms. The number of amides is 2. The Hall–Kier alpha value is -2.14. The summed E-state index contributed by atoms with van der Waals surface area (Å²) in [6.45, 7) is 11.6. The van der Waals surface area contributed by atoms with Crippen LogP contribution in [-0.4, -0.2) is 60.5 Å². The Morgan fingerprint density at radius 1 is 1.03 bits per heavy atom. The highest BCUT2D eigenvalue weighted by molar-refractivity contribution is 5.98. The molecule has 0 saturated carbocycles. The lowest BCUT2D eigenvalue weighted by atomic mass is 9.92. The third-order valence-corrected chi connectivity index (χ3v) is 5.96. The lowest BCUT2D eigenvalue weighted by molar-refractivity contribution is -0.144. The highest BCUT2D eigenvalue weighted by atomic mass is 16.5. The van der Waals surface area contributed by atoms with Crippen LogP contribution in [0, 0.1) is 5.92 Å². The summed E-state index contributed by atoms with van der Waals surface area (Å²) in [4.78, 5) is 29.7. The van der Waals surface area contributed by atoms with E-state index in [-0.39, 0.29) is 23.8 Å². The monoisotopic (exact) mass is 398 g/mol. The number of hydrogen-bond acceptors (Lipinski definition) is 3. The fourth-order valence-electron chi connectivity index (χ4n) is 4.14. The van der Waals surface area contributed by atoms with Crippen molar-refractivity contribution < 1.29 is 14.3 Å². The Kier molecular flexibility index (Phi) is 7.12. The molecule has 5 nitrogen and oxygen atoms in total. The zero-order chi connectivity index (χ0) is 21.0. The minimum Gasteiger partial charge on any atom is -0.378 e. The third-order valence-electron chi connectivity index (χ3n) is 5.96. The highest BCUT2D eigenvalue weighted by Crippen LogP contribution is 2.27. The van der Waals surface area contributed by atoms with E-state index >= 15 is 0 Å². The van der Waals surface area contributed by atoms with Gasteiger partial charge in [0.15, 0.2) is 0 Å². The molecule has 0 radical (unpaired) electrons. The van der Waals surface area contributed by atoms with E-state index in [9.17, 15) is 9.59 Å². The highest BCUT2D eigenvalue weighted by Gasteiger charge is 2.36. The minimum absolute atomic E-state index is 0.0502.